The molecule has 0 bridgehead atoms. The molecule has 3 aromatic rings. The number of aryl methyl sites for hydroxylation is 1. The van der Waals surface area contributed by atoms with Gasteiger partial charge in [-0.05, 0) is 44.3 Å². The minimum absolute atomic E-state index is 0.145. The Morgan fingerprint density at radius 2 is 1.97 bits per heavy atom. The molecule has 0 spiro atoms. The van der Waals surface area contributed by atoms with Gasteiger partial charge >= 0.3 is 0 Å². The lowest BCUT2D eigenvalue weighted by atomic mass is 10.0. The van der Waals surface area contributed by atoms with Crippen LogP contribution in [0.5, 0.6) is 0 Å². The summed E-state index contributed by atoms with van der Waals surface area (Å²) in [6, 6.07) is 11.8. The van der Waals surface area contributed by atoms with E-state index < -0.39 is 0 Å². The molecule has 2 heterocycles. The van der Waals surface area contributed by atoms with Crippen molar-refractivity contribution in [3.8, 4) is 11.3 Å². The molecule has 0 radical (unpaired) electrons. The zero-order chi connectivity index (χ0) is 23.4. The van der Waals surface area contributed by atoms with Crippen molar-refractivity contribution in [2.45, 2.75) is 25.8 Å². The van der Waals surface area contributed by atoms with Crippen LogP contribution in [0.2, 0.25) is 5.02 Å². The normalized spacial score (nSPS) is 15.5. The van der Waals surface area contributed by atoms with E-state index in [4.69, 9.17) is 16.0 Å². The molecule has 1 unspecified atom stereocenters. The summed E-state index contributed by atoms with van der Waals surface area (Å²) in [4.78, 5) is 21.4. The number of anilines is 1. The minimum Gasteiger partial charge on any atom is -0.441 e. The summed E-state index contributed by atoms with van der Waals surface area (Å²) in [5, 5.41) is 3.58. The van der Waals surface area contributed by atoms with Crippen LogP contribution in [0.4, 0.5) is 10.1 Å². The number of likely N-dealkylation sites (N-methyl/N-ethyl adjacent to an activating group) is 1. The Hall–Kier alpha value is -2.90. The van der Waals surface area contributed by atoms with Crippen LogP contribution in [-0.2, 0) is 11.2 Å². The Kier molecular flexibility index (Phi) is 7.30. The molecule has 0 aliphatic carbocycles. The van der Waals surface area contributed by atoms with Crippen molar-refractivity contribution in [1.82, 2.24) is 15.2 Å². The Morgan fingerprint density at radius 1 is 1.21 bits per heavy atom. The number of halogens is 2. The van der Waals surface area contributed by atoms with Gasteiger partial charge in [0.1, 0.15) is 5.82 Å². The number of oxazole rings is 1. The first-order valence-electron chi connectivity index (χ1n) is 11.1. The highest BCUT2D eigenvalue weighted by molar-refractivity contribution is 6.33. The number of hydrogen-bond donors (Lipinski definition) is 1. The quantitative estimate of drug-likeness (QED) is 0.542. The number of hydrogen-bond acceptors (Lipinski definition) is 5. The van der Waals surface area contributed by atoms with E-state index in [0.29, 0.717) is 23.1 Å². The number of piperazine rings is 1. The van der Waals surface area contributed by atoms with Crippen LogP contribution in [0, 0.1) is 5.82 Å². The van der Waals surface area contributed by atoms with Gasteiger partial charge in [-0.1, -0.05) is 23.7 Å². The molecular weight excluding hydrogens is 443 g/mol. The number of nitrogens with zero attached hydrogens (tertiary/aromatic N) is 3. The van der Waals surface area contributed by atoms with Gasteiger partial charge < -0.3 is 19.5 Å². The van der Waals surface area contributed by atoms with E-state index in [1.165, 1.54) is 12.1 Å². The number of amides is 1. The van der Waals surface area contributed by atoms with Crippen LogP contribution in [0.15, 0.2) is 53.1 Å². The second kappa shape index (κ2) is 10.4. The first-order valence-corrected chi connectivity index (χ1v) is 11.5. The van der Waals surface area contributed by atoms with Gasteiger partial charge in [0.05, 0.1) is 17.3 Å². The molecule has 1 amide bonds. The van der Waals surface area contributed by atoms with Gasteiger partial charge in [0.2, 0.25) is 5.91 Å². The van der Waals surface area contributed by atoms with E-state index >= 15 is 0 Å². The van der Waals surface area contributed by atoms with E-state index in [0.717, 1.165) is 43.0 Å². The Bertz CT molecular complexity index is 1110. The van der Waals surface area contributed by atoms with Crippen molar-refractivity contribution in [3.63, 3.8) is 0 Å². The van der Waals surface area contributed by atoms with Gasteiger partial charge in [0.25, 0.3) is 0 Å². The molecule has 174 valence electrons. The van der Waals surface area contributed by atoms with Crippen LogP contribution in [-0.4, -0.2) is 49.0 Å². The molecule has 1 saturated heterocycles. The summed E-state index contributed by atoms with van der Waals surface area (Å²) in [5.74, 6) is 0.585. The van der Waals surface area contributed by atoms with Gasteiger partial charge in [-0.2, -0.15) is 0 Å². The predicted octanol–water partition coefficient (Wildman–Crippen LogP) is 4.70. The Morgan fingerprint density at radius 3 is 2.73 bits per heavy atom. The molecule has 8 heteroatoms. The second-order valence-corrected chi connectivity index (χ2v) is 8.79. The molecule has 0 saturated carbocycles. The van der Waals surface area contributed by atoms with Gasteiger partial charge in [0, 0.05) is 55.8 Å². The maximum Gasteiger partial charge on any atom is 0.220 e. The number of rotatable bonds is 7. The zero-order valence-electron chi connectivity index (χ0n) is 18.9. The number of carbonyl (C=O) groups excluding carboxylic acids is 1. The first-order chi connectivity index (χ1) is 15.9. The Balaban J connectivity index is 1.38. The van der Waals surface area contributed by atoms with Crippen LogP contribution >= 0.6 is 11.6 Å². The molecule has 1 fully saturated rings. The average Bonchev–Trinajstić information content (AvgIpc) is 3.27. The van der Waals surface area contributed by atoms with Gasteiger partial charge in [-0.15, -0.1) is 0 Å². The summed E-state index contributed by atoms with van der Waals surface area (Å²) < 4.78 is 19.8. The van der Waals surface area contributed by atoms with Gasteiger partial charge in [0.15, 0.2) is 11.7 Å². The third kappa shape index (κ3) is 5.72. The fourth-order valence-electron chi connectivity index (χ4n) is 4.03. The minimum atomic E-state index is -0.328. The van der Waals surface area contributed by atoms with Crippen LogP contribution in [0.1, 0.15) is 30.8 Å². The lowest BCUT2D eigenvalue weighted by Gasteiger charge is -2.36. The fourth-order valence-corrected chi connectivity index (χ4v) is 4.26. The zero-order valence-corrected chi connectivity index (χ0v) is 19.6. The van der Waals surface area contributed by atoms with Crippen molar-refractivity contribution in [2.75, 3.05) is 38.1 Å². The smallest absolute Gasteiger partial charge is 0.220 e. The fraction of sp³-hybridized carbons (Fsp3) is 0.360. The van der Waals surface area contributed by atoms with E-state index in [-0.39, 0.29) is 24.2 Å². The van der Waals surface area contributed by atoms with E-state index in [9.17, 15) is 9.18 Å². The summed E-state index contributed by atoms with van der Waals surface area (Å²) in [6.07, 6.45) is 2.19. The summed E-state index contributed by atoms with van der Waals surface area (Å²) in [6.45, 7) is 5.52. The molecule has 1 aliphatic rings. The Labute approximate surface area is 198 Å². The van der Waals surface area contributed by atoms with Crippen molar-refractivity contribution in [1.29, 1.82) is 0 Å². The lowest BCUT2D eigenvalue weighted by molar-refractivity contribution is -0.121. The monoisotopic (exact) mass is 470 g/mol. The van der Waals surface area contributed by atoms with Crippen molar-refractivity contribution in [2.24, 2.45) is 0 Å². The molecule has 1 N–H and O–H groups in total. The van der Waals surface area contributed by atoms with E-state index in [2.05, 4.69) is 27.1 Å². The molecule has 4 rings (SSSR count). The molecule has 1 aliphatic heterocycles. The van der Waals surface area contributed by atoms with Crippen LogP contribution in [0.3, 0.4) is 0 Å². The number of aromatic nitrogens is 1. The standard InChI is InChI=1S/C25H28ClFN4O2/c1-17(20-15-18(27)7-8-22(20)31-13-11-30(2)12-14-31)29-24(32)9-10-25-28-16-23(33-25)19-5-3-4-6-21(19)26/h3-8,15-17H,9-14H2,1-2H3,(H,29,32). The number of carbonyl (C=O) groups is 1. The number of benzene rings is 2. The van der Waals surface area contributed by atoms with Gasteiger partial charge in [-0.3, -0.25) is 4.79 Å². The van der Waals surface area contributed by atoms with Crippen LogP contribution < -0.4 is 10.2 Å². The van der Waals surface area contributed by atoms with Crippen LogP contribution in [0.25, 0.3) is 11.3 Å². The first kappa shape index (κ1) is 23.3. The highest BCUT2D eigenvalue weighted by Gasteiger charge is 2.21. The second-order valence-electron chi connectivity index (χ2n) is 8.38. The maximum absolute atomic E-state index is 14.0. The summed E-state index contributed by atoms with van der Waals surface area (Å²) in [5.41, 5.74) is 2.51. The van der Waals surface area contributed by atoms with Crippen molar-refractivity contribution >= 4 is 23.2 Å². The largest absolute Gasteiger partial charge is 0.441 e. The summed E-state index contributed by atoms with van der Waals surface area (Å²) >= 11 is 6.21. The van der Waals surface area contributed by atoms with E-state index in [1.54, 1.807) is 12.3 Å². The topological polar surface area (TPSA) is 61.6 Å². The summed E-state index contributed by atoms with van der Waals surface area (Å²) in [7, 11) is 2.09. The highest BCUT2D eigenvalue weighted by atomic mass is 35.5. The van der Waals surface area contributed by atoms with Crippen molar-refractivity contribution < 1.29 is 13.6 Å². The molecule has 6 nitrogen and oxygen atoms in total. The number of nitrogens with one attached hydrogen (secondary N) is 1. The maximum atomic E-state index is 14.0. The molecule has 1 aromatic heterocycles. The lowest BCUT2D eigenvalue weighted by Crippen LogP contribution is -2.45. The van der Waals surface area contributed by atoms with E-state index in [1.807, 2.05) is 31.2 Å². The highest BCUT2D eigenvalue weighted by Crippen LogP contribution is 2.29. The average molecular weight is 471 g/mol. The SMILES string of the molecule is CC(NC(=O)CCc1ncc(-c2ccccc2Cl)o1)c1cc(F)ccc1N1CCN(C)CC1. The third-order valence-electron chi connectivity index (χ3n) is 5.94. The van der Waals surface area contributed by atoms with Gasteiger partial charge in [-0.25, -0.2) is 9.37 Å². The third-order valence-corrected chi connectivity index (χ3v) is 6.27. The molecular formula is C25H28ClFN4O2. The predicted molar refractivity (Wildman–Crippen MR) is 128 cm³/mol. The molecule has 2 aromatic carbocycles. The molecule has 33 heavy (non-hydrogen) atoms. The molecule has 1 atom stereocenters. The van der Waals surface area contributed by atoms with Crippen molar-refractivity contribution in [3.05, 3.63) is 71.0 Å².